The van der Waals surface area contributed by atoms with E-state index in [4.69, 9.17) is 9.47 Å². The standard InChI is InChI=1S/C22H27N2O3S/c1-4-16-6-9-18(10-7-16)24-21-23(12-5-13-28-21)15-22(24,25)17-8-11-19(26-2)20(14-17)27-3/h6-11,14,25H,4-5,12-13,15H2,1-3H3/q+1/t22-/m0/s1. The van der Waals surface area contributed by atoms with Gasteiger partial charge in [-0.25, -0.2) is 4.58 Å². The summed E-state index contributed by atoms with van der Waals surface area (Å²) in [6, 6.07) is 14.2. The fourth-order valence-corrected chi connectivity index (χ4v) is 5.14. The van der Waals surface area contributed by atoms with Crippen LogP contribution in [-0.2, 0) is 12.1 Å². The van der Waals surface area contributed by atoms with Crippen LogP contribution in [0.25, 0.3) is 0 Å². The van der Waals surface area contributed by atoms with Crippen molar-refractivity contribution in [1.82, 2.24) is 0 Å². The molecule has 0 saturated heterocycles. The van der Waals surface area contributed by atoms with Gasteiger partial charge in [-0.1, -0.05) is 19.1 Å². The Morgan fingerprint density at radius 3 is 2.54 bits per heavy atom. The van der Waals surface area contributed by atoms with Gasteiger partial charge in [0.25, 0.3) is 5.72 Å². The van der Waals surface area contributed by atoms with Gasteiger partial charge >= 0.3 is 5.17 Å². The molecule has 0 bridgehead atoms. The van der Waals surface area contributed by atoms with Crippen molar-refractivity contribution in [3.05, 3.63) is 53.6 Å². The summed E-state index contributed by atoms with van der Waals surface area (Å²) in [6.07, 6.45) is 2.12. The Labute approximate surface area is 170 Å². The van der Waals surface area contributed by atoms with Gasteiger partial charge in [-0.3, -0.25) is 0 Å². The molecule has 2 aromatic rings. The summed E-state index contributed by atoms with van der Waals surface area (Å²) in [5.74, 6) is 2.35. The quantitative estimate of drug-likeness (QED) is 0.781. The summed E-state index contributed by atoms with van der Waals surface area (Å²) in [5, 5.41) is 13.1. The van der Waals surface area contributed by atoms with Crippen molar-refractivity contribution in [3.63, 3.8) is 0 Å². The van der Waals surface area contributed by atoms with Crippen LogP contribution in [0.3, 0.4) is 0 Å². The normalized spacial score (nSPS) is 21.6. The molecule has 5 nitrogen and oxygen atoms in total. The van der Waals surface area contributed by atoms with Crippen LogP contribution in [0.1, 0.15) is 24.5 Å². The third kappa shape index (κ3) is 3.14. The van der Waals surface area contributed by atoms with Gasteiger partial charge in [0, 0.05) is 11.3 Å². The zero-order chi connectivity index (χ0) is 19.7. The van der Waals surface area contributed by atoms with Crippen molar-refractivity contribution < 1.29 is 19.2 Å². The molecule has 2 heterocycles. The molecule has 1 N–H and O–H groups in total. The smallest absolute Gasteiger partial charge is 0.316 e. The van der Waals surface area contributed by atoms with Gasteiger partial charge < -0.3 is 14.6 Å². The number of anilines is 1. The molecule has 0 amide bonds. The van der Waals surface area contributed by atoms with E-state index in [2.05, 4.69) is 40.7 Å². The minimum Gasteiger partial charge on any atom is -0.493 e. The number of nitrogens with zero attached hydrogens (tertiary/aromatic N) is 2. The molecule has 6 heteroatoms. The molecule has 0 saturated carbocycles. The molecule has 0 fully saturated rings. The zero-order valence-electron chi connectivity index (χ0n) is 16.6. The lowest BCUT2D eigenvalue weighted by Gasteiger charge is -2.29. The lowest BCUT2D eigenvalue weighted by atomic mass is 10.00. The van der Waals surface area contributed by atoms with Crippen LogP contribution in [-0.4, -0.2) is 47.9 Å². The zero-order valence-corrected chi connectivity index (χ0v) is 17.5. The first-order chi connectivity index (χ1) is 13.6. The Bertz CT molecular complexity index is 897. The molecule has 2 aliphatic rings. The number of hydrogen-bond acceptors (Lipinski definition) is 5. The molecule has 0 radical (unpaired) electrons. The van der Waals surface area contributed by atoms with Crippen LogP contribution in [0.2, 0.25) is 0 Å². The lowest BCUT2D eigenvalue weighted by molar-refractivity contribution is -0.532. The van der Waals surface area contributed by atoms with Gasteiger partial charge in [-0.2, -0.15) is 4.90 Å². The summed E-state index contributed by atoms with van der Waals surface area (Å²) in [5.41, 5.74) is 1.92. The average Bonchev–Trinajstić information content (AvgIpc) is 3.06. The number of ether oxygens (including phenoxy) is 2. The predicted octanol–water partition coefficient (Wildman–Crippen LogP) is 3.44. The van der Waals surface area contributed by atoms with Crippen LogP contribution in [0, 0.1) is 0 Å². The second-order valence-electron chi connectivity index (χ2n) is 7.15. The van der Waals surface area contributed by atoms with Crippen LogP contribution in [0.5, 0.6) is 11.5 Å². The molecule has 2 aromatic carbocycles. The van der Waals surface area contributed by atoms with Gasteiger partial charge in [0.2, 0.25) is 0 Å². The van der Waals surface area contributed by atoms with E-state index in [0.29, 0.717) is 18.0 Å². The largest absolute Gasteiger partial charge is 0.493 e. The van der Waals surface area contributed by atoms with Crippen molar-refractivity contribution in [3.8, 4) is 11.5 Å². The minimum atomic E-state index is -1.17. The van der Waals surface area contributed by atoms with Crippen molar-refractivity contribution in [2.75, 3.05) is 38.0 Å². The van der Waals surface area contributed by atoms with Crippen LogP contribution >= 0.6 is 11.8 Å². The SMILES string of the molecule is CCc1ccc(N2C3=[N+](CCCS3)C[C@]2(O)c2ccc(OC)c(OC)c2)cc1. The molecule has 0 aliphatic carbocycles. The highest BCUT2D eigenvalue weighted by Crippen LogP contribution is 2.42. The van der Waals surface area contributed by atoms with Gasteiger partial charge in [0.15, 0.2) is 18.0 Å². The van der Waals surface area contributed by atoms with Crippen LogP contribution in [0.15, 0.2) is 42.5 Å². The second-order valence-corrected chi connectivity index (χ2v) is 8.21. The molecule has 0 aromatic heterocycles. The highest BCUT2D eigenvalue weighted by atomic mass is 32.2. The van der Waals surface area contributed by atoms with E-state index in [-0.39, 0.29) is 0 Å². The molecule has 2 aliphatic heterocycles. The summed E-state index contributed by atoms with van der Waals surface area (Å²) in [6.45, 7) is 3.64. The van der Waals surface area contributed by atoms with Crippen LogP contribution in [0.4, 0.5) is 5.69 Å². The molecule has 1 atom stereocenters. The highest BCUT2D eigenvalue weighted by molar-refractivity contribution is 8.14. The van der Waals surface area contributed by atoms with Crippen molar-refractivity contribution in [1.29, 1.82) is 0 Å². The Morgan fingerprint density at radius 1 is 1.11 bits per heavy atom. The lowest BCUT2D eigenvalue weighted by Crippen LogP contribution is -2.46. The first-order valence-electron chi connectivity index (χ1n) is 9.69. The Hall–Kier alpha value is -2.18. The van der Waals surface area contributed by atoms with Crippen LogP contribution < -0.4 is 14.4 Å². The average molecular weight is 400 g/mol. The molecule has 0 unspecified atom stereocenters. The molecule has 4 rings (SSSR count). The monoisotopic (exact) mass is 399 g/mol. The number of hydrogen-bond donors (Lipinski definition) is 1. The fraction of sp³-hybridized carbons (Fsp3) is 0.409. The molecular formula is C22H27N2O3S+. The molecule has 148 valence electrons. The topological polar surface area (TPSA) is 44.9 Å². The molecule has 0 spiro atoms. The maximum absolute atomic E-state index is 12.0. The highest BCUT2D eigenvalue weighted by Gasteiger charge is 2.55. The van der Waals surface area contributed by atoms with Gasteiger partial charge in [-0.15, -0.1) is 0 Å². The minimum absolute atomic E-state index is 0.528. The number of rotatable bonds is 5. The van der Waals surface area contributed by atoms with E-state index in [1.165, 1.54) is 5.56 Å². The van der Waals surface area contributed by atoms with E-state index in [9.17, 15) is 5.11 Å². The summed E-state index contributed by atoms with van der Waals surface area (Å²) in [7, 11) is 3.24. The first kappa shape index (κ1) is 19.2. The number of aryl methyl sites for hydroxylation is 1. The second kappa shape index (κ2) is 7.68. The summed E-state index contributed by atoms with van der Waals surface area (Å²) < 4.78 is 13.2. The maximum Gasteiger partial charge on any atom is 0.316 e. The Kier molecular flexibility index (Phi) is 5.25. The maximum atomic E-state index is 12.0. The fourth-order valence-electron chi connectivity index (χ4n) is 3.96. The van der Waals surface area contributed by atoms with Crippen molar-refractivity contribution in [2.24, 2.45) is 0 Å². The third-order valence-corrected chi connectivity index (χ3v) is 6.69. The Balaban J connectivity index is 1.81. The number of benzene rings is 2. The number of amidine groups is 1. The number of aliphatic hydroxyl groups is 1. The predicted molar refractivity (Wildman–Crippen MR) is 114 cm³/mol. The van der Waals surface area contributed by atoms with E-state index in [1.807, 2.05) is 30.0 Å². The first-order valence-corrected chi connectivity index (χ1v) is 10.7. The van der Waals surface area contributed by atoms with E-state index < -0.39 is 5.72 Å². The summed E-state index contributed by atoms with van der Waals surface area (Å²) >= 11 is 1.81. The van der Waals surface area contributed by atoms with Crippen molar-refractivity contribution >= 4 is 22.6 Å². The molecule has 28 heavy (non-hydrogen) atoms. The Morgan fingerprint density at radius 2 is 1.86 bits per heavy atom. The number of thioether (sulfide) groups is 1. The van der Waals surface area contributed by atoms with Gasteiger partial charge in [0.1, 0.15) is 5.69 Å². The van der Waals surface area contributed by atoms with E-state index in [0.717, 1.165) is 41.6 Å². The van der Waals surface area contributed by atoms with Gasteiger partial charge in [-0.05, 0) is 60.5 Å². The van der Waals surface area contributed by atoms with Crippen molar-refractivity contribution in [2.45, 2.75) is 25.5 Å². The van der Waals surface area contributed by atoms with E-state index in [1.54, 1.807) is 14.2 Å². The van der Waals surface area contributed by atoms with Gasteiger partial charge in [0.05, 0.1) is 20.8 Å². The number of methoxy groups -OCH3 is 2. The third-order valence-electron chi connectivity index (χ3n) is 5.50. The summed E-state index contributed by atoms with van der Waals surface area (Å²) in [4.78, 5) is 2.08. The molecular weight excluding hydrogens is 372 g/mol. The van der Waals surface area contributed by atoms with E-state index >= 15 is 0 Å².